The van der Waals surface area contributed by atoms with Crippen molar-refractivity contribution in [1.29, 1.82) is 0 Å². The van der Waals surface area contributed by atoms with Crippen molar-refractivity contribution in [2.24, 2.45) is 0 Å². The number of nitrogens with one attached hydrogen (secondary N) is 2. The zero-order valence-electron chi connectivity index (χ0n) is 12.7. The van der Waals surface area contributed by atoms with E-state index in [1.54, 1.807) is 18.7 Å². The summed E-state index contributed by atoms with van der Waals surface area (Å²) in [6.45, 7) is 3.88. The Morgan fingerprint density at radius 2 is 2.00 bits per heavy atom. The molecular weight excluding hydrogens is 290 g/mol. The number of nitrogens with two attached hydrogens (primary N) is 1. The molecule has 0 bridgehead atoms. The number of rotatable bonds is 3. The maximum absolute atomic E-state index is 6.22. The van der Waals surface area contributed by atoms with Crippen LogP contribution in [0.25, 0.3) is 17.1 Å². The second-order valence-corrected chi connectivity index (χ2v) is 5.60. The van der Waals surface area contributed by atoms with E-state index in [2.05, 4.69) is 25.2 Å². The lowest BCUT2D eigenvalue weighted by molar-refractivity contribution is 0.586. The van der Waals surface area contributed by atoms with Crippen LogP contribution < -0.4 is 16.0 Å². The maximum Gasteiger partial charge on any atom is 0.138 e. The molecule has 0 unspecified atom stereocenters. The molecule has 4 heterocycles. The van der Waals surface area contributed by atoms with Crippen molar-refractivity contribution in [3.8, 4) is 17.1 Å². The van der Waals surface area contributed by atoms with Crippen molar-refractivity contribution >= 4 is 11.5 Å². The molecule has 0 radical (unpaired) electrons. The van der Waals surface area contributed by atoms with Crippen molar-refractivity contribution in [1.82, 2.24) is 24.8 Å². The van der Waals surface area contributed by atoms with Gasteiger partial charge in [-0.1, -0.05) is 0 Å². The molecule has 23 heavy (non-hydrogen) atoms. The average Bonchev–Trinajstić information content (AvgIpc) is 3.25. The first-order valence-corrected chi connectivity index (χ1v) is 7.70. The number of aromatic amines is 1. The third-order valence-corrected chi connectivity index (χ3v) is 4.09. The van der Waals surface area contributed by atoms with E-state index < -0.39 is 0 Å². The molecule has 7 heteroatoms. The van der Waals surface area contributed by atoms with Gasteiger partial charge in [0.05, 0.1) is 5.69 Å². The number of nitrogens with zero attached hydrogens (tertiary/aromatic N) is 4. The fourth-order valence-electron chi connectivity index (χ4n) is 2.89. The number of imidazole rings is 1. The predicted molar refractivity (Wildman–Crippen MR) is 90.6 cm³/mol. The van der Waals surface area contributed by atoms with Gasteiger partial charge < -0.3 is 20.9 Å². The fraction of sp³-hybridized carbons (Fsp3) is 0.250. The van der Waals surface area contributed by atoms with E-state index in [1.165, 1.54) is 0 Å². The van der Waals surface area contributed by atoms with E-state index in [9.17, 15) is 0 Å². The lowest BCUT2D eigenvalue weighted by Gasteiger charge is -2.28. The number of pyridine rings is 1. The Morgan fingerprint density at radius 1 is 1.13 bits per heavy atom. The normalized spacial score (nSPS) is 15.0. The van der Waals surface area contributed by atoms with Crippen molar-refractivity contribution in [2.45, 2.75) is 0 Å². The first-order valence-electron chi connectivity index (χ1n) is 7.70. The Hall–Kier alpha value is -2.80. The van der Waals surface area contributed by atoms with Gasteiger partial charge in [0.25, 0.3) is 0 Å². The molecule has 0 aromatic carbocycles. The van der Waals surface area contributed by atoms with E-state index >= 15 is 0 Å². The summed E-state index contributed by atoms with van der Waals surface area (Å²) in [5, 5.41) is 3.35. The first-order chi connectivity index (χ1) is 11.3. The Morgan fingerprint density at radius 3 is 2.78 bits per heavy atom. The number of anilines is 2. The van der Waals surface area contributed by atoms with Gasteiger partial charge in [-0.2, -0.15) is 0 Å². The third kappa shape index (κ3) is 2.66. The van der Waals surface area contributed by atoms with E-state index in [0.29, 0.717) is 0 Å². The minimum atomic E-state index is 0.780. The molecule has 0 saturated carbocycles. The summed E-state index contributed by atoms with van der Waals surface area (Å²) >= 11 is 0. The molecule has 0 atom stereocenters. The summed E-state index contributed by atoms with van der Waals surface area (Å²) in [4.78, 5) is 14.2. The number of hydrogen-bond donors (Lipinski definition) is 3. The van der Waals surface area contributed by atoms with Crippen LogP contribution in [0.5, 0.6) is 0 Å². The van der Waals surface area contributed by atoms with Crippen LogP contribution in [-0.2, 0) is 0 Å². The first kappa shape index (κ1) is 13.8. The topological polar surface area (TPSA) is 87.8 Å². The fourth-order valence-corrected chi connectivity index (χ4v) is 2.89. The number of hydrogen-bond acceptors (Lipinski definition) is 5. The summed E-state index contributed by atoms with van der Waals surface area (Å²) < 4.78 is 1.88. The summed E-state index contributed by atoms with van der Waals surface area (Å²) in [6, 6.07) is 5.99. The van der Waals surface area contributed by atoms with Gasteiger partial charge in [0.2, 0.25) is 0 Å². The highest BCUT2D eigenvalue weighted by atomic mass is 15.2. The average molecular weight is 309 g/mol. The highest BCUT2D eigenvalue weighted by Gasteiger charge is 2.16. The van der Waals surface area contributed by atoms with Crippen LogP contribution in [-0.4, -0.2) is 45.7 Å². The molecule has 3 aromatic rings. The van der Waals surface area contributed by atoms with E-state index in [0.717, 1.165) is 54.8 Å². The molecule has 4 N–H and O–H groups in total. The van der Waals surface area contributed by atoms with Crippen LogP contribution in [0.15, 0.2) is 43.1 Å². The SMILES string of the molecule is Nc1cc(-c2ccnc(-n3ccnc3)c2)[nH]c1N1CCNCC1. The van der Waals surface area contributed by atoms with Crippen molar-refractivity contribution in [3.63, 3.8) is 0 Å². The summed E-state index contributed by atoms with van der Waals surface area (Å²) in [7, 11) is 0. The number of nitrogen functional groups attached to an aromatic ring is 1. The van der Waals surface area contributed by atoms with Gasteiger partial charge in [-0.25, -0.2) is 9.97 Å². The van der Waals surface area contributed by atoms with Crippen LogP contribution in [0.1, 0.15) is 0 Å². The molecule has 4 rings (SSSR count). The van der Waals surface area contributed by atoms with Crippen molar-refractivity contribution < 1.29 is 0 Å². The summed E-state index contributed by atoms with van der Waals surface area (Å²) in [5.74, 6) is 1.83. The third-order valence-electron chi connectivity index (χ3n) is 4.09. The van der Waals surface area contributed by atoms with Crippen molar-refractivity contribution in [3.05, 3.63) is 43.1 Å². The van der Waals surface area contributed by atoms with Crippen molar-refractivity contribution in [2.75, 3.05) is 36.8 Å². The second kappa shape index (κ2) is 5.77. The number of aromatic nitrogens is 4. The van der Waals surface area contributed by atoms with Crippen LogP contribution in [0.2, 0.25) is 0 Å². The molecule has 118 valence electrons. The molecule has 1 aliphatic rings. The minimum Gasteiger partial charge on any atom is -0.396 e. The molecule has 0 amide bonds. The van der Waals surface area contributed by atoms with E-state index in [-0.39, 0.29) is 0 Å². The molecule has 1 aliphatic heterocycles. The Labute approximate surface area is 134 Å². The Balaban J connectivity index is 1.67. The van der Waals surface area contributed by atoms with Gasteiger partial charge in [0, 0.05) is 56.0 Å². The van der Waals surface area contributed by atoms with Crippen LogP contribution >= 0.6 is 0 Å². The molecule has 0 spiro atoms. The quantitative estimate of drug-likeness (QED) is 0.678. The van der Waals surface area contributed by atoms with Crippen LogP contribution in [0, 0.1) is 0 Å². The molecule has 1 saturated heterocycles. The smallest absolute Gasteiger partial charge is 0.138 e. The molecule has 0 aliphatic carbocycles. The highest BCUT2D eigenvalue weighted by Crippen LogP contribution is 2.30. The zero-order chi connectivity index (χ0) is 15.6. The highest BCUT2D eigenvalue weighted by molar-refractivity contribution is 5.75. The van der Waals surface area contributed by atoms with Gasteiger partial charge in [-0.3, -0.25) is 4.57 Å². The summed E-state index contributed by atoms with van der Waals surface area (Å²) in [5.41, 5.74) is 9.05. The lowest BCUT2D eigenvalue weighted by Crippen LogP contribution is -2.43. The predicted octanol–water partition coefficient (Wildman–Crippen LogP) is 1.25. The Bertz CT molecular complexity index is 785. The monoisotopic (exact) mass is 309 g/mol. The molecule has 7 nitrogen and oxygen atoms in total. The van der Waals surface area contributed by atoms with Crippen LogP contribution in [0.3, 0.4) is 0 Å². The minimum absolute atomic E-state index is 0.780. The number of piperazine rings is 1. The van der Waals surface area contributed by atoms with E-state index in [4.69, 9.17) is 5.73 Å². The van der Waals surface area contributed by atoms with E-state index in [1.807, 2.05) is 29.0 Å². The summed E-state index contributed by atoms with van der Waals surface area (Å²) in [6.07, 6.45) is 7.15. The maximum atomic E-state index is 6.22. The van der Waals surface area contributed by atoms with Gasteiger partial charge in [-0.05, 0) is 18.2 Å². The van der Waals surface area contributed by atoms with Gasteiger partial charge in [0.15, 0.2) is 0 Å². The lowest BCUT2D eigenvalue weighted by atomic mass is 10.2. The second-order valence-electron chi connectivity index (χ2n) is 5.60. The standard InChI is InChI=1S/C16H19N7/c17-13-10-14(21-16(13)22-6-3-18-4-7-22)12-1-2-20-15(9-12)23-8-5-19-11-23/h1-2,5,8-11,18,21H,3-4,6-7,17H2. The zero-order valence-corrected chi connectivity index (χ0v) is 12.7. The molecule has 3 aromatic heterocycles. The van der Waals surface area contributed by atoms with Gasteiger partial charge >= 0.3 is 0 Å². The molecular formula is C16H19N7. The van der Waals surface area contributed by atoms with Gasteiger partial charge in [0.1, 0.15) is 18.0 Å². The van der Waals surface area contributed by atoms with Gasteiger partial charge in [-0.15, -0.1) is 0 Å². The molecule has 1 fully saturated rings. The number of H-pyrrole nitrogens is 1. The Kier molecular flexibility index (Phi) is 3.47. The van der Waals surface area contributed by atoms with Crippen LogP contribution in [0.4, 0.5) is 11.5 Å². The largest absolute Gasteiger partial charge is 0.396 e.